The largest absolute Gasteiger partial charge is 0.508 e. The normalized spacial score (nSPS) is 10.1. The van der Waals surface area contributed by atoms with Gasteiger partial charge in [0, 0.05) is 21.4 Å². The van der Waals surface area contributed by atoms with Gasteiger partial charge in [0.2, 0.25) is 0 Å². The van der Waals surface area contributed by atoms with Crippen molar-refractivity contribution in [2.75, 3.05) is 11.1 Å². The summed E-state index contributed by atoms with van der Waals surface area (Å²) in [5.41, 5.74) is 7.25. The van der Waals surface area contributed by atoms with Gasteiger partial charge in [-0.3, -0.25) is 4.79 Å². The van der Waals surface area contributed by atoms with Crippen LogP contribution < -0.4 is 11.1 Å². The van der Waals surface area contributed by atoms with Crippen LogP contribution in [0.4, 0.5) is 11.4 Å². The maximum absolute atomic E-state index is 11.9. The molecule has 0 aliphatic heterocycles. The summed E-state index contributed by atoms with van der Waals surface area (Å²) in [4.78, 5) is 11.9. The maximum Gasteiger partial charge on any atom is 0.255 e. The summed E-state index contributed by atoms with van der Waals surface area (Å²) < 4.78 is 0.776. The lowest BCUT2D eigenvalue weighted by Crippen LogP contribution is -2.11. The molecule has 0 aliphatic rings. The van der Waals surface area contributed by atoms with Gasteiger partial charge in [0.15, 0.2) is 0 Å². The van der Waals surface area contributed by atoms with E-state index >= 15 is 0 Å². The van der Waals surface area contributed by atoms with Crippen LogP contribution in [0.15, 0.2) is 46.9 Å². The summed E-state index contributed by atoms with van der Waals surface area (Å²) in [6.45, 7) is 0. The molecular weight excluding hydrogens is 296 g/mol. The average molecular weight is 307 g/mol. The van der Waals surface area contributed by atoms with Gasteiger partial charge in [-0.05, 0) is 52.3 Å². The van der Waals surface area contributed by atoms with Gasteiger partial charge >= 0.3 is 0 Å². The predicted molar refractivity (Wildman–Crippen MR) is 74.6 cm³/mol. The summed E-state index contributed by atoms with van der Waals surface area (Å²) in [5, 5.41) is 12.0. The zero-order chi connectivity index (χ0) is 13.1. The SMILES string of the molecule is Nc1cc(NC(=O)c2cccc(O)c2)ccc1Br. The van der Waals surface area contributed by atoms with Crippen molar-refractivity contribution in [3.8, 4) is 5.75 Å². The van der Waals surface area contributed by atoms with E-state index in [1.165, 1.54) is 12.1 Å². The highest BCUT2D eigenvalue weighted by Gasteiger charge is 2.07. The number of carbonyl (C=O) groups is 1. The third-order valence-corrected chi connectivity index (χ3v) is 3.08. The van der Waals surface area contributed by atoms with E-state index in [-0.39, 0.29) is 11.7 Å². The van der Waals surface area contributed by atoms with Gasteiger partial charge < -0.3 is 16.2 Å². The van der Waals surface area contributed by atoms with Crippen LogP contribution in [0, 0.1) is 0 Å². The maximum atomic E-state index is 11.9. The molecule has 4 N–H and O–H groups in total. The predicted octanol–water partition coefficient (Wildman–Crippen LogP) is 2.99. The number of rotatable bonds is 2. The average Bonchev–Trinajstić information content (AvgIpc) is 2.34. The second-order valence-electron chi connectivity index (χ2n) is 3.74. The lowest BCUT2D eigenvalue weighted by atomic mass is 10.2. The van der Waals surface area contributed by atoms with E-state index in [4.69, 9.17) is 5.73 Å². The number of aromatic hydroxyl groups is 1. The number of phenolic OH excluding ortho intramolecular Hbond substituents is 1. The van der Waals surface area contributed by atoms with E-state index in [0.717, 1.165) is 4.47 Å². The van der Waals surface area contributed by atoms with Crippen molar-refractivity contribution in [2.24, 2.45) is 0 Å². The number of carbonyl (C=O) groups excluding carboxylic acids is 1. The van der Waals surface area contributed by atoms with Gasteiger partial charge in [-0.15, -0.1) is 0 Å². The van der Waals surface area contributed by atoms with Crippen LogP contribution in [0.5, 0.6) is 5.75 Å². The molecule has 2 rings (SSSR count). The fourth-order valence-corrected chi connectivity index (χ4v) is 1.72. The van der Waals surface area contributed by atoms with Crippen LogP contribution in [0.1, 0.15) is 10.4 Å². The lowest BCUT2D eigenvalue weighted by molar-refractivity contribution is 0.102. The Bertz CT molecular complexity index is 599. The number of nitrogens with two attached hydrogens (primary N) is 1. The number of benzene rings is 2. The Labute approximate surface area is 113 Å². The zero-order valence-electron chi connectivity index (χ0n) is 9.35. The molecule has 2 aromatic carbocycles. The van der Waals surface area contributed by atoms with Crippen molar-refractivity contribution in [3.05, 3.63) is 52.5 Å². The fourth-order valence-electron chi connectivity index (χ4n) is 1.47. The summed E-state index contributed by atoms with van der Waals surface area (Å²) in [7, 11) is 0. The Morgan fingerprint density at radius 3 is 2.67 bits per heavy atom. The molecule has 0 heterocycles. The molecule has 92 valence electrons. The van der Waals surface area contributed by atoms with Crippen molar-refractivity contribution < 1.29 is 9.90 Å². The molecule has 18 heavy (non-hydrogen) atoms. The fraction of sp³-hybridized carbons (Fsp3) is 0. The number of hydrogen-bond donors (Lipinski definition) is 3. The van der Waals surface area contributed by atoms with E-state index in [9.17, 15) is 9.90 Å². The van der Waals surface area contributed by atoms with E-state index in [1.54, 1.807) is 30.3 Å². The molecule has 0 atom stereocenters. The molecule has 0 saturated heterocycles. The van der Waals surface area contributed by atoms with Gasteiger partial charge in [0.25, 0.3) is 5.91 Å². The van der Waals surface area contributed by atoms with E-state index in [0.29, 0.717) is 16.9 Å². The molecular formula is C13H11BrN2O2. The first-order valence-corrected chi connectivity index (χ1v) is 6.01. The number of hydrogen-bond acceptors (Lipinski definition) is 3. The molecule has 0 fully saturated rings. The van der Waals surface area contributed by atoms with Gasteiger partial charge in [-0.2, -0.15) is 0 Å². The number of halogens is 1. The minimum Gasteiger partial charge on any atom is -0.508 e. The molecule has 0 radical (unpaired) electrons. The van der Waals surface area contributed by atoms with Crippen molar-refractivity contribution in [3.63, 3.8) is 0 Å². The van der Waals surface area contributed by atoms with E-state index < -0.39 is 0 Å². The zero-order valence-corrected chi connectivity index (χ0v) is 10.9. The number of nitrogen functional groups attached to an aromatic ring is 1. The molecule has 0 aromatic heterocycles. The van der Waals surface area contributed by atoms with Crippen molar-refractivity contribution in [2.45, 2.75) is 0 Å². The van der Waals surface area contributed by atoms with Gasteiger partial charge in [-0.1, -0.05) is 6.07 Å². The molecule has 0 unspecified atom stereocenters. The monoisotopic (exact) mass is 306 g/mol. The molecule has 2 aromatic rings. The van der Waals surface area contributed by atoms with Crippen molar-refractivity contribution in [1.82, 2.24) is 0 Å². The molecule has 0 aliphatic carbocycles. The Morgan fingerprint density at radius 2 is 2.00 bits per heavy atom. The minimum atomic E-state index is -0.298. The van der Waals surface area contributed by atoms with Crippen molar-refractivity contribution >= 4 is 33.2 Å². The highest BCUT2D eigenvalue weighted by Crippen LogP contribution is 2.23. The smallest absolute Gasteiger partial charge is 0.255 e. The third-order valence-electron chi connectivity index (χ3n) is 2.36. The van der Waals surface area contributed by atoms with Crippen molar-refractivity contribution in [1.29, 1.82) is 0 Å². The quantitative estimate of drug-likeness (QED) is 0.747. The Kier molecular flexibility index (Phi) is 3.53. The van der Waals surface area contributed by atoms with E-state index in [1.807, 2.05) is 0 Å². The van der Waals surface area contributed by atoms with Crippen LogP contribution >= 0.6 is 15.9 Å². The van der Waals surface area contributed by atoms with Gasteiger partial charge in [0.1, 0.15) is 5.75 Å². The van der Waals surface area contributed by atoms with Gasteiger partial charge in [0.05, 0.1) is 0 Å². The van der Waals surface area contributed by atoms with Crippen LogP contribution in [-0.4, -0.2) is 11.0 Å². The number of nitrogens with one attached hydrogen (secondary N) is 1. The third kappa shape index (κ3) is 2.81. The molecule has 4 nitrogen and oxygen atoms in total. The van der Waals surface area contributed by atoms with E-state index in [2.05, 4.69) is 21.2 Å². The minimum absolute atomic E-state index is 0.0537. The summed E-state index contributed by atoms with van der Waals surface area (Å²) >= 11 is 3.28. The molecule has 0 spiro atoms. The Hall–Kier alpha value is -2.01. The second-order valence-corrected chi connectivity index (χ2v) is 4.60. The Morgan fingerprint density at radius 1 is 1.22 bits per heavy atom. The molecule has 0 saturated carbocycles. The van der Waals surface area contributed by atoms with Crippen LogP contribution in [0.25, 0.3) is 0 Å². The second kappa shape index (κ2) is 5.10. The number of amides is 1. The van der Waals surface area contributed by atoms with Crippen LogP contribution in [-0.2, 0) is 0 Å². The first-order valence-electron chi connectivity index (χ1n) is 5.21. The number of phenols is 1. The lowest BCUT2D eigenvalue weighted by Gasteiger charge is -2.07. The highest BCUT2D eigenvalue weighted by molar-refractivity contribution is 9.10. The molecule has 1 amide bonds. The summed E-state index contributed by atoms with van der Waals surface area (Å²) in [5.74, 6) is -0.245. The molecule has 0 bridgehead atoms. The highest BCUT2D eigenvalue weighted by atomic mass is 79.9. The van der Waals surface area contributed by atoms with Gasteiger partial charge in [-0.25, -0.2) is 0 Å². The first kappa shape index (κ1) is 12.4. The summed E-state index contributed by atoms with van der Waals surface area (Å²) in [6, 6.07) is 11.3. The number of anilines is 2. The topological polar surface area (TPSA) is 75.3 Å². The Balaban J connectivity index is 2.18. The first-order chi connectivity index (χ1) is 8.56. The van der Waals surface area contributed by atoms with Crippen LogP contribution in [0.2, 0.25) is 0 Å². The standard InChI is InChI=1S/C13H11BrN2O2/c14-11-5-4-9(7-12(11)15)16-13(18)8-2-1-3-10(17)6-8/h1-7,17H,15H2,(H,16,18). The molecule has 5 heteroatoms. The summed E-state index contributed by atoms with van der Waals surface area (Å²) in [6.07, 6.45) is 0. The van der Waals surface area contributed by atoms with Crippen LogP contribution in [0.3, 0.4) is 0 Å².